The van der Waals surface area contributed by atoms with E-state index in [0.717, 1.165) is 11.1 Å². The summed E-state index contributed by atoms with van der Waals surface area (Å²) < 4.78 is 10.7. The number of carbonyl (C=O) groups is 1. The van der Waals surface area contributed by atoms with Crippen molar-refractivity contribution in [2.24, 2.45) is 5.92 Å². The molecule has 0 bridgehead atoms. The van der Waals surface area contributed by atoms with Crippen molar-refractivity contribution in [1.82, 2.24) is 15.2 Å². The molecule has 2 heterocycles. The lowest BCUT2D eigenvalue weighted by Crippen LogP contribution is -2.38. The number of aliphatic hydroxyl groups excluding tert-OH is 1. The number of rotatable bonds is 7. The maximum absolute atomic E-state index is 12.1. The van der Waals surface area contributed by atoms with Gasteiger partial charge < -0.3 is 19.9 Å². The van der Waals surface area contributed by atoms with Crippen molar-refractivity contribution < 1.29 is 19.4 Å². The molecule has 0 aliphatic carbocycles. The number of H-pyrrole nitrogens is 1. The van der Waals surface area contributed by atoms with Crippen LogP contribution in [-0.2, 0) is 20.9 Å². The highest BCUT2D eigenvalue weighted by Gasteiger charge is 2.38. The quantitative estimate of drug-likeness (QED) is 0.271. The Bertz CT molecular complexity index is 1130. The molecule has 186 valence electrons. The number of benzene rings is 2. The Balaban J connectivity index is 1.58. The summed E-state index contributed by atoms with van der Waals surface area (Å²) in [7, 11) is 0. The second kappa shape index (κ2) is 11.5. The number of nitrogens with zero attached hydrogens (tertiary/aromatic N) is 2. The molecule has 3 N–H and O–H groups in total. The van der Waals surface area contributed by atoms with Crippen LogP contribution in [0.1, 0.15) is 36.0 Å². The highest BCUT2D eigenvalue weighted by Crippen LogP contribution is 2.43. The van der Waals surface area contributed by atoms with E-state index in [4.69, 9.17) is 44.3 Å². The molecule has 0 saturated carbocycles. The van der Waals surface area contributed by atoms with Gasteiger partial charge in [-0.2, -0.15) is 5.10 Å². The number of alkyl halides is 3. The highest BCUT2D eigenvalue weighted by molar-refractivity contribution is 7.99. The molecule has 12 heteroatoms. The van der Waals surface area contributed by atoms with Crippen LogP contribution in [0.25, 0.3) is 0 Å². The minimum atomic E-state index is -2.09. The smallest absolute Gasteiger partial charge is 0.276 e. The van der Waals surface area contributed by atoms with Gasteiger partial charge in [-0.1, -0.05) is 89.9 Å². The molecule has 0 radical (unpaired) electrons. The molecule has 1 aliphatic heterocycles. The molecule has 4 rings (SSSR count). The fourth-order valence-corrected chi connectivity index (χ4v) is 4.78. The maximum Gasteiger partial charge on any atom is 0.276 e. The summed E-state index contributed by atoms with van der Waals surface area (Å²) in [6.07, 6.45) is 0.285. The topological polar surface area (TPSA) is 109 Å². The Labute approximate surface area is 221 Å². The van der Waals surface area contributed by atoms with Crippen LogP contribution in [0.15, 0.2) is 60.0 Å². The number of carbonyl (C=O) groups excluding carboxylic acids is 1. The van der Waals surface area contributed by atoms with Gasteiger partial charge in [-0.25, -0.2) is 4.98 Å². The molecule has 0 spiro atoms. The summed E-state index contributed by atoms with van der Waals surface area (Å²) in [5.41, 5.74) is 2.94. The molecule has 1 aromatic heterocycles. The van der Waals surface area contributed by atoms with Crippen molar-refractivity contribution in [3.8, 4) is 0 Å². The summed E-state index contributed by atoms with van der Waals surface area (Å²) in [4.78, 5) is 16.3. The molecule has 8 nitrogen and oxygen atoms in total. The number of hydrogen-bond acceptors (Lipinski definition) is 7. The van der Waals surface area contributed by atoms with E-state index in [1.807, 2.05) is 30.3 Å². The standard InChI is InChI=1S/C23H23Cl3N4O4S/c1-13-18(11-35-22-27-12-28-30-22)33-20(34-19(13)15-7-5-14(10-31)6-8-15)16-3-2-4-17(9-16)29-21(32)23(24,25)26/h2-9,12-13,18-20,31H,10-11H2,1H3,(H,29,32)(H,27,28,30)/t13-,18+,19+,20+/m0/s1. The number of anilines is 1. The van der Waals surface area contributed by atoms with E-state index in [2.05, 4.69) is 27.4 Å². The number of aliphatic hydroxyl groups is 1. The van der Waals surface area contributed by atoms with Gasteiger partial charge in [0.1, 0.15) is 6.33 Å². The van der Waals surface area contributed by atoms with Crippen LogP contribution in [-0.4, -0.2) is 41.8 Å². The molecular formula is C23H23Cl3N4O4S. The molecule has 2 aromatic carbocycles. The third-order valence-corrected chi connectivity index (χ3v) is 7.06. The zero-order valence-corrected chi connectivity index (χ0v) is 21.6. The molecule has 35 heavy (non-hydrogen) atoms. The van der Waals surface area contributed by atoms with Crippen LogP contribution < -0.4 is 5.32 Å². The van der Waals surface area contributed by atoms with E-state index in [9.17, 15) is 9.90 Å². The van der Waals surface area contributed by atoms with E-state index < -0.39 is 16.0 Å². The van der Waals surface area contributed by atoms with Crippen molar-refractivity contribution >= 4 is 58.2 Å². The van der Waals surface area contributed by atoms with Gasteiger partial charge in [0.2, 0.25) is 0 Å². The summed E-state index contributed by atoms with van der Waals surface area (Å²) in [6, 6.07) is 14.7. The predicted octanol–water partition coefficient (Wildman–Crippen LogP) is 5.19. The maximum atomic E-state index is 12.1. The minimum Gasteiger partial charge on any atom is -0.392 e. The monoisotopic (exact) mass is 556 g/mol. The highest BCUT2D eigenvalue weighted by atomic mass is 35.6. The van der Waals surface area contributed by atoms with Gasteiger partial charge in [-0.15, -0.1) is 0 Å². The molecule has 1 amide bonds. The summed E-state index contributed by atoms with van der Waals surface area (Å²) in [6.45, 7) is 2.04. The van der Waals surface area contributed by atoms with Crippen molar-refractivity contribution in [1.29, 1.82) is 0 Å². The first kappa shape index (κ1) is 26.2. The molecule has 1 aliphatic rings. The molecule has 1 saturated heterocycles. The van der Waals surface area contributed by atoms with E-state index >= 15 is 0 Å². The average molecular weight is 558 g/mol. The van der Waals surface area contributed by atoms with Crippen LogP contribution in [0.2, 0.25) is 0 Å². The van der Waals surface area contributed by atoms with Crippen LogP contribution in [0, 0.1) is 5.92 Å². The van der Waals surface area contributed by atoms with E-state index in [0.29, 0.717) is 22.2 Å². The zero-order valence-electron chi connectivity index (χ0n) is 18.5. The molecule has 0 unspecified atom stereocenters. The Hall–Kier alpha value is -1.85. The summed E-state index contributed by atoms with van der Waals surface area (Å²) in [5.74, 6) is -0.138. The lowest BCUT2D eigenvalue weighted by atomic mass is 9.91. The van der Waals surface area contributed by atoms with E-state index in [1.54, 1.807) is 18.2 Å². The number of amides is 1. The second-order valence-electron chi connectivity index (χ2n) is 8.00. The number of aromatic nitrogens is 3. The van der Waals surface area contributed by atoms with Gasteiger partial charge in [-0.05, 0) is 23.3 Å². The first-order valence-electron chi connectivity index (χ1n) is 10.7. The Kier molecular flexibility index (Phi) is 8.59. The largest absolute Gasteiger partial charge is 0.392 e. The number of nitrogens with one attached hydrogen (secondary N) is 2. The van der Waals surface area contributed by atoms with Gasteiger partial charge in [0.15, 0.2) is 11.4 Å². The third-order valence-electron chi connectivity index (χ3n) is 5.57. The Morgan fingerprint density at radius 3 is 2.60 bits per heavy atom. The third kappa shape index (κ3) is 6.68. The average Bonchev–Trinajstić information content (AvgIpc) is 3.37. The predicted molar refractivity (Wildman–Crippen MR) is 135 cm³/mol. The number of thioether (sulfide) groups is 1. The van der Waals surface area contributed by atoms with E-state index in [1.165, 1.54) is 18.1 Å². The lowest BCUT2D eigenvalue weighted by Gasteiger charge is -2.41. The number of ether oxygens (including phenoxy) is 2. The molecule has 3 aromatic rings. The first-order chi connectivity index (χ1) is 16.7. The Morgan fingerprint density at radius 2 is 1.94 bits per heavy atom. The molecular weight excluding hydrogens is 535 g/mol. The van der Waals surface area contributed by atoms with Crippen molar-refractivity contribution in [3.05, 3.63) is 71.5 Å². The molecule has 1 fully saturated rings. The van der Waals surface area contributed by atoms with Crippen LogP contribution in [0.5, 0.6) is 0 Å². The molecule has 4 atom stereocenters. The Morgan fingerprint density at radius 1 is 1.17 bits per heavy atom. The van der Waals surface area contributed by atoms with Crippen LogP contribution in [0.4, 0.5) is 5.69 Å². The number of aromatic amines is 1. The minimum absolute atomic E-state index is 0.00824. The van der Waals surface area contributed by atoms with Gasteiger partial charge in [-0.3, -0.25) is 9.89 Å². The van der Waals surface area contributed by atoms with Gasteiger partial charge in [0.05, 0.1) is 18.8 Å². The van der Waals surface area contributed by atoms with Crippen LogP contribution >= 0.6 is 46.6 Å². The fraction of sp³-hybridized carbons (Fsp3) is 0.348. The fourth-order valence-electron chi connectivity index (χ4n) is 3.70. The second-order valence-corrected chi connectivity index (χ2v) is 11.3. The zero-order chi connectivity index (χ0) is 25.0. The first-order valence-corrected chi connectivity index (χ1v) is 12.8. The number of hydrogen-bond donors (Lipinski definition) is 3. The number of halogens is 3. The normalized spacial score (nSPS) is 22.7. The van der Waals surface area contributed by atoms with Crippen LogP contribution in [0.3, 0.4) is 0 Å². The summed E-state index contributed by atoms with van der Waals surface area (Å²) >= 11 is 18.6. The van der Waals surface area contributed by atoms with Gasteiger partial charge in [0.25, 0.3) is 9.70 Å². The summed E-state index contributed by atoms with van der Waals surface area (Å²) in [5, 5.41) is 19.4. The van der Waals surface area contributed by atoms with Crippen molar-refractivity contribution in [3.63, 3.8) is 0 Å². The van der Waals surface area contributed by atoms with Gasteiger partial charge in [0, 0.05) is 22.9 Å². The SMILES string of the molecule is C[C@H]1[C@@H](CSc2ncn[nH]2)O[C@@H](c2cccc(NC(=O)C(Cl)(Cl)Cl)c2)O[C@H]1c1ccc(CO)cc1. The van der Waals surface area contributed by atoms with Gasteiger partial charge >= 0.3 is 0 Å². The lowest BCUT2D eigenvalue weighted by molar-refractivity contribution is -0.268. The van der Waals surface area contributed by atoms with E-state index in [-0.39, 0.29) is 24.7 Å². The van der Waals surface area contributed by atoms with Crippen molar-refractivity contribution in [2.75, 3.05) is 11.1 Å². The van der Waals surface area contributed by atoms with Crippen molar-refractivity contribution in [2.45, 2.75) is 41.0 Å².